The Morgan fingerprint density at radius 3 is 2.53 bits per heavy atom. The fraction of sp³-hybridized carbons (Fsp3) is 0.0714. The molecule has 1 heterocycles. The predicted molar refractivity (Wildman–Crippen MR) is 83.6 cm³/mol. The third kappa shape index (κ3) is 2.06. The van der Waals surface area contributed by atoms with Crippen molar-refractivity contribution in [2.24, 2.45) is 0 Å². The summed E-state index contributed by atoms with van der Waals surface area (Å²) in [5.74, 6) is 0.455. The van der Waals surface area contributed by atoms with Gasteiger partial charge in [0.05, 0.1) is 22.3 Å². The molecule has 19 heavy (non-hydrogen) atoms. The van der Waals surface area contributed by atoms with E-state index in [2.05, 4.69) is 15.9 Å². The first kappa shape index (κ1) is 13.0. The van der Waals surface area contributed by atoms with Gasteiger partial charge in [0.25, 0.3) is 0 Å². The van der Waals surface area contributed by atoms with E-state index in [0.717, 1.165) is 21.3 Å². The number of halogens is 3. The van der Waals surface area contributed by atoms with Crippen LogP contribution in [0.1, 0.15) is 11.1 Å². The Hall–Kier alpha value is -1.03. The van der Waals surface area contributed by atoms with Crippen LogP contribution in [0.3, 0.4) is 0 Å². The number of fused-ring (bicyclic) bond motifs is 1. The summed E-state index contributed by atoms with van der Waals surface area (Å²) in [6.45, 7) is 0.646. The summed E-state index contributed by atoms with van der Waals surface area (Å²) in [7, 11) is 0. The lowest BCUT2D eigenvalue weighted by molar-refractivity contribution is 1.05. The molecule has 5 heteroatoms. The molecule has 0 saturated heterocycles. The third-order valence-electron chi connectivity index (χ3n) is 3.18. The number of anilines is 1. The zero-order chi connectivity index (χ0) is 13.6. The van der Waals surface area contributed by atoms with Crippen LogP contribution in [0.2, 0.25) is 10.0 Å². The third-order valence-corrected chi connectivity index (χ3v) is 4.94. The van der Waals surface area contributed by atoms with E-state index in [9.17, 15) is 0 Å². The average Bonchev–Trinajstić information content (AvgIpc) is 2.74. The molecule has 0 aromatic heterocycles. The van der Waals surface area contributed by atoms with Crippen LogP contribution < -0.4 is 4.90 Å². The van der Waals surface area contributed by atoms with Gasteiger partial charge in [-0.05, 0) is 33.6 Å². The van der Waals surface area contributed by atoms with Crippen molar-refractivity contribution in [3.05, 3.63) is 62.0 Å². The first-order chi connectivity index (χ1) is 9.09. The van der Waals surface area contributed by atoms with Crippen molar-refractivity contribution in [1.29, 1.82) is 5.41 Å². The zero-order valence-electron chi connectivity index (χ0n) is 9.75. The summed E-state index contributed by atoms with van der Waals surface area (Å²) in [6, 6.07) is 11.6. The van der Waals surface area contributed by atoms with Gasteiger partial charge < -0.3 is 4.90 Å². The van der Waals surface area contributed by atoms with E-state index in [1.807, 2.05) is 41.3 Å². The highest BCUT2D eigenvalue weighted by Crippen LogP contribution is 2.40. The number of nitrogens with zero attached hydrogens (tertiary/aromatic N) is 1. The molecule has 0 bridgehead atoms. The molecule has 0 saturated carbocycles. The van der Waals surface area contributed by atoms with Crippen molar-refractivity contribution in [3.63, 3.8) is 0 Å². The van der Waals surface area contributed by atoms with E-state index in [0.29, 0.717) is 22.4 Å². The standard InChI is InChI=1S/C14H9BrCl2N2/c15-10-5-6-11(13(17)12(10)16)19-7-8-3-1-2-4-9(8)14(19)18/h1-6,18H,7H2. The molecule has 1 aliphatic heterocycles. The molecule has 0 atom stereocenters. The maximum Gasteiger partial charge on any atom is 0.133 e. The highest BCUT2D eigenvalue weighted by molar-refractivity contribution is 9.10. The van der Waals surface area contributed by atoms with Crippen molar-refractivity contribution in [2.45, 2.75) is 6.54 Å². The van der Waals surface area contributed by atoms with Gasteiger partial charge in [0.1, 0.15) is 5.84 Å². The summed E-state index contributed by atoms with van der Waals surface area (Å²) in [5, 5.41) is 9.20. The topological polar surface area (TPSA) is 27.1 Å². The van der Waals surface area contributed by atoms with Gasteiger partial charge in [-0.1, -0.05) is 47.5 Å². The molecule has 2 nitrogen and oxygen atoms in total. The van der Waals surface area contributed by atoms with Gasteiger partial charge in [-0.15, -0.1) is 0 Å². The molecule has 0 fully saturated rings. The molecule has 1 N–H and O–H groups in total. The van der Waals surface area contributed by atoms with Crippen molar-refractivity contribution in [2.75, 3.05) is 4.90 Å². The van der Waals surface area contributed by atoms with Crippen molar-refractivity contribution in [3.8, 4) is 0 Å². The van der Waals surface area contributed by atoms with Gasteiger partial charge in [-0.2, -0.15) is 0 Å². The highest BCUT2D eigenvalue weighted by Gasteiger charge is 2.27. The number of rotatable bonds is 1. The quantitative estimate of drug-likeness (QED) is 0.707. The lowest BCUT2D eigenvalue weighted by Crippen LogP contribution is -2.23. The molecule has 2 aromatic carbocycles. The molecular weight excluding hydrogens is 347 g/mol. The van der Waals surface area contributed by atoms with Gasteiger partial charge >= 0.3 is 0 Å². The van der Waals surface area contributed by atoms with E-state index < -0.39 is 0 Å². The molecule has 0 radical (unpaired) electrons. The summed E-state index contributed by atoms with van der Waals surface area (Å²) in [6.07, 6.45) is 0. The van der Waals surface area contributed by atoms with Crippen molar-refractivity contribution >= 4 is 50.7 Å². The Kier molecular flexibility index (Phi) is 3.29. The second-order valence-electron chi connectivity index (χ2n) is 4.29. The van der Waals surface area contributed by atoms with Crippen molar-refractivity contribution in [1.82, 2.24) is 0 Å². The summed E-state index contributed by atoms with van der Waals surface area (Å²) in [5.41, 5.74) is 2.83. The van der Waals surface area contributed by atoms with Crippen LogP contribution in [0.4, 0.5) is 5.69 Å². The normalized spacial score (nSPS) is 13.8. The smallest absolute Gasteiger partial charge is 0.133 e. The summed E-state index contributed by atoms with van der Waals surface area (Å²) in [4.78, 5) is 1.87. The van der Waals surface area contributed by atoms with Crippen LogP contribution in [0.25, 0.3) is 0 Å². The summed E-state index contributed by atoms with van der Waals surface area (Å²) < 4.78 is 0.756. The molecule has 2 aromatic rings. The van der Waals surface area contributed by atoms with Crippen LogP contribution in [0.5, 0.6) is 0 Å². The van der Waals surface area contributed by atoms with E-state index >= 15 is 0 Å². The van der Waals surface area contributed by atoms with E-state index in [-0.39, 0.29) is 0 Å². The lowest BCUT2D eigenvalue weighted by Gasteiger charge is -2.20. The molecule has 0 spiro atoms. The number of nitrogens with one attached hydrogen (secondary N) is 1. The largest absolute Gasteiger partial charge is 0.320 e. The first-order valence-electron chi connectivity index (χ1n) is 5.67. The lowest BCUT2D eigenvalue weighted by atomic mass is 10.1. The van der Waals surface area contributed by atoms with Crippen LogP contribution in [0.15, 0.2) is 40.9 Å². The summed E-state index contributed by atoms with van der Waals surface area (Å²) >= 11 is 15.8. The number of hydrogen-bond donors (Lipinski definition) is 1. The van der Waals surface area contributed by atoms with Crippen LogP contribution in [-0.2, 0) is 6.54 Å². The van der Waals surface area contributed by atoms with E-state index in [4.69, 9.17) is 28.6 Å². The number of hydrogen-bond acceptors (Lipinski definition) is 1. The SMILES string of the molecule is N=C1c2ccccc2CN1c1ccc(Br)c(Cl)c1Cl. The van der Waals surface area contributed by atoms with E-state index in [1.54, 1.807) is 0 Å². The molecule has 0 unspecified atom stereocenters. The predicted octanol–water partition coefficient (Wildman–Crippen LogP) is 5.10. The average molecular weight is 356 g/mol. The second-order valence-corrected chi connectivity index (χ2v) is 5.90. The number of benzene rings is 2. The van der Waals surface area contributed by atoms with Crippen LogP contribution >= 0.6 is 39.1 Å². The van der Waals surface area contributed by atoms with Gasteiger partial charge in [-0.3, -0.25) is 5.41 Å². The maximum absolute atomic E-state index is 8.26. The molecule has 3 rings (SSSR count). The van der Waals surface area contributed by atoms with Gasteiger partial charge in [0.15, 0.2) is 0 Å². The molecule has 0 aliphatic carbocycles. The Balaban J connectivity index is 2.07. The molecular formula is C14H9BrCl2N2. The van der Waals surface area contributed by atoms with Gasteiger partial charge in [-0.25, -0.2) is 0 Å². The van der Waals surface area contributed by atoms with Crippen molar-refractivity contribution < 1.29 is 0 Å². The molecule has 96 valence electrons. The minimum atomic E-state index is 0.455. The fourth-order valence-electron chi connectivity index (χ4n) is 2.21. The zero-order valence-corrected chi connectivity index (χ0v) is 12.9. The Morgan fingerprint density at radius 1 is 1.05 bits per heavy atom. The Labute approximate surface area is 129 Å². The second kappa shape index (κ2) is 4.82. The van der Waals surface area contributed by atoms with Gasteiger partial charge in [0, 0.05) is 10.0 Å². The fourth-order valence-corrected chi connectivity index (χ4v) is 3.08. The Bertz CT molecular complexity index is 685. The minimum absolute atomic E-state index is 0.455. The highest BCUT2D eigenvalue weighted by atomic mass is 79.9. The number of amidine groups is 1. The minimum Gasteiger partial charge on any atom is -0.320 e. The van der Waals surface area contributed by atoms with Gasteiger partial charge in [0.2, 0.25) is 0 Å². The Morgan fingerprint density at radius 2 is 1.79 bits per heavy atom. The van der Waals surface area contributed by atoms with E-state index in [1.165, 1.54) is 0 Å². The maximum atomic E-state index is 8.26. The van der Waals surface area contributed by atoms with Crippen LogP contribution in [0, 0.1) is 5.41 Å². The van der Waals surface area contributed by atoms with Crippen LogP contribution in [-0.4, -0.2) is 5.84 Å². The first-order valence-corrected chi connectivity index (χ1v) is 7.22. The molecule has 0 amide bonds. The molecule has 1 aliphatic rings. The monoisotopic (exact) mass is 354 g/mol.